The molecule has 0 fully saturated rings. The number of phenols is 1. The molecule has 1 amide bonds. The molecule has 4 rings (SSSR count). The average molecular weight is 361 g/mol. The Labute approximate surface area is 156 Å². The Bertz CT molecular complexity index is 1030. The Kier molecular flexibility index (Phi) is 4.33. The maximum absolute atomic E-state index is 11.6. The lowest BCUT2D eigenvalue weighted by Gasteiger charge is -2.21. The number of rotatable bonds is 3. The van der Waals surface area contributed by atoms with E-state index in [0.29, 0.717) is 17.9 Å². The van der Waals surface area contributed by atoms with E-state index < -0.39 is 0 Å². The van der Waals surface area contributed by atoms with Gasteiger partial charge < -0.3 is 15.5 Å². The van der Waals surface area contributed by atoms with Gasteiger partial charge in [0.2, 0.25) is 5.91 Å². The van der Waals surface area contributed by atoms with E-state index in [1.807, 2.05) is 18.2 Å². The van der Waals surface area contributed by atoms with Crippen molar-refractivity contribution in [1.29, 1.82) is 0 Å². The first-order valence-corrected chi connectivity index (χ1v) is 8.76. The van der Waals surface area contributed by atoms with E-state index in [1.165, 1.54) is 6.92 Å². The van der Waals surface area contributed by atoms with E-state index in [1.54, 1.807) is 24.3 Å². The number of aromatic nitrogens is 2. The van der Waals surface area contributed by atoms with Crippen molar-refractivity contribution in [3.8, 4) is 28.3 Å². The highest BCUT2D eigenvalue weighted by Crippen LogP contribution is 2.36. The van der Waals surface area contributed by atoms with Gasteiger partial charge in [0.05, 0.1) is 18.0 Å². The summed E-state index contributed by atoms with van der Waals surface area (Å²) in [5, 5.41) is 21.7. The number of aliphatic hydroxyl groups excluding tert-OH is 1. The van der Waals surface area contributed by atoms with Gasteiger partial charge in [0.1, 0.15) is 11.4 Å². The number of carbonyl (C=O) groups excluding carboxylic acids is 1. The minimum absolute atomic E-state index is 0.00600. The predicted octanol–water partition coefficient (Wildman–Crippen LogP) is 3.07. The molecule has 6 heteroatoms. The summed E-state index contributed by atoms with van der Waals surface area (Å²) in [4.78, 5) is 21.2. The van der Waals surface area contributed by atoms with Crippen molar-refractivity contribution in [2.24, 2.45) is 0 Å². The molecule has 3 aromatic rings. The number of amides is 1. The molecule has 1 aliphatic carbocycles. The first kappa shape index (κ1) is 17.2. The molecular weight excluding hydrogens is 342 g/mol. The largest absolute Gasteiger partial charge is 0.508 e. The summed E-state index contributed by atoms with van der Waals surface area (Å²) in [6.07, 6.45) is 1.52. The first-order chi connectivity index (χ1) is 13.0. The van der Waals surface area contributed by atoms with Gasteiger partial charge in [0.25, 0.3) is 0 Å². The second kappa shape index (κ2) is 6.81. The van der Waals surface area contributed by atoms with Crippen molar-refractivity contribution >= 4 is 11.7 Å². The zero-order chi connectivity index (χ0) is 19.0. The van der Waals surface area contributed by atoms with Crippen LogP contribution in [0.1, 0.15) is 23.7 Å². The second-order valence-electron chi connectivity index (χ2n) is 6.59. The van der Waals surface area contributed by atoms with Gasteiger partial charge in [-0.3, -0.25) is 4.79 Å². The van der Waals surface area contributed by atoms with Crippen molar-refractivity contribution in [3.63, 3.8) is 0 Å². The number of nitrogens with one attached hydrogen (secondary N) is 1. The van der Waals surface area contributed by atoms with Crippen LogP contribution in [-0.2, 0) is 24.2 Å². The number of hydrogen-bond donors (Lipinski definition) is 3. The fourth-order valence-electron chi connectivity index (χ4n) is 3.37. The third-order valence-electron chi connectivity index (χ3n) is 4.64. The third-order valence-corrected chi connectivity index (χ3v) is 4.64. The van der Waals surface area contributed by atoms with Crippen molar-refractivity contribution in [1.82, 2.24) is 9.97 Å². The molecule has 0 atom stereocenters. The van der Waals surface area contributed by atoms with Gasteiger partial charge in [-0.05, 0) is 48.2 Å². The summed E-state index contributed by atoms with van der Waals surface area (Å²) in [5.41, 5.74) is 5.94. The smallest absolute Gasteiger partial charge is 0.222 e. The number of benzene rings is 2. The summed E-state index contributed by atoms with van der Waals surface area (Å²) in [6.45, 7) is 1.44. The fraction of sp³-hybridized carbons (Fsp3) is 0.190. The molecule has 27 heavy (non-hydrogen) atoms. The molecule has 0 spiro atoms. The molecule has 0 unspecified atom stereocenters. The molecule has 3 N–H and O–H groups in total. The number of phenolic OH excluding ortho intramolecular Hbond substituents is 1. The number of hydrogen-bond acceptors (Lipinski definition) is 5. The number of aromatic hydroxyl groups is 1. The quantitative estimate of drug-likeness (QED) is 0.666. The highest BCUT2D eigenvalue weighted by Gasteiger charge is 2.23. The molecule has 1 aliphatic rings. The standard InChI is InChI=1S/C21H19N3O3/c1-12(26)22-21-19(14-3-6-16(27)7-4-14)24-20-17-8-2-13(11-25)10-15(17)5-9-18(20)23-21/h2-4,6-8,10,25,27H,5,9,11H2,1H3,(H,22,23,26). The van der Waals surface area contributed by atoms with Crippen LogP contribution in [0, 0.1) is 0 Å². The molecule has 1 heterocycles. The molecule has 2 aromatic carbocycles. The zero-order valence-electron chi connectivity index (χ0n) is 14.9. The SMILES string of the molecule is CC(=O)Nc1nc2c(nc1-c1ccc(O)cc1)-c1ccc(CO)cc1CC2. The van der Waals surface area contributed by atoms with E-state index in [0.717, 1.165) is 40.1 Å². The van der Waals surface area contributed by atoms with Gasteiger partial charge in [-0.25, -0.2) is 9.97 Å². The Morgan fingerprint density at radius 1 is 1.07 bits per heavy atom. The van der Waals surface area contributed by atoms with Crippen LogP contribution in [0.5, 0.6) is 5.75 Å². The monoisotopic (exact) mass is 361 g/mol. The van der Waals surface area contributed by atoms with Crippen LogP contribution in [0.4, 0.5) is 5.82 Å². The minimum Gasteiger partial charge on any atom is -0.508 e. The van der Waals surface area contributed by atoms with Gasteiger partial charge in [-0.15, -0.1) is 0 Å². The first-order valence-electron chi connectivity index (χ1n) is 8.76. The van der Waals surface area contributed by atoms with Crippen LogP contribution in [0.25, 0.3) is 22.5 Å². The van der Waals surface area contributed by atoms with Crippen molar-refractivity contribution in [2.75, 3.05) is 5.32 Å². The zero-order valence-corrected chi connectivity index (χ0v) is 14.9. The van der Waals surface area contributed by atoms with Crippen LogP contribution < -0.4 is 5.32 Å². The molecule has 0 aliphatic heterocycles. The molecule has 0 bridgehead atoms. The summed E-state index contributed by atoms with van der Waals surface area (Å²) in [6, 6.07) is 12.5. The minimum atomic E-state index is -0.215. The van der Waals surface area contributed by atoms with Crippen LogP contribution in [-0.4, -0.2) is 26.1 Å². The van der Waals surface area contributed by atoms with Crippen molar-refractivity contribution < 1.29 is 15.0 Å². The van der Waals surface area contributed by atoms with E-state index in [2.05, 4.69) is 10.3 Å². The molecule has 1 aromatic heterocycles. The number of fused-ring (bicyclic) bond motifs is 3. The van der Waals surface area contributed by atoms with E-state index in [9.17, 15) is 15.0 Å². The third kappa shape index (κ3) is 3.27. The number of carbonyl (C=O) groups is 1. The van der Waals surface area contributed by atoms with Gasteiger partial charge in [-0.2, -0.15) is 0 Å². The molecule has 0 saturated heterocycles. The lowest BCUT2D eigenvalue weighted by molar-refractivity contribution is -0.114. The summed E-state index contributed by atoms with van der Waals surface area (Å²) < 4.78 is 0. The second-order valence-corrected chi connectivity index (χ2v) is 6.59. The summed E-state index contributed by atoms with van der Waals surface area (Å²) in [7, 11) is 0. The normalized spacial score (nSPS) is 12.2. The maximum Gasteiger partial charge on any atom is 0.222 e. The van der Waals surface area contributed by atoms with Gasteiger partial charge in [0, 0.05) is 18.1 Å². The van der Waals surface area contributed by atoms with E-state index in [4.69, 9.17) is 4.98 Å². The Balaban J connectivity index is 1.90. The van der Waals surface area contributed by atoms with Gasteiger partial charge in [-0.1, -0.05) is 18.2 Å². The molecular formula is C21H19N3O3. The summed E-state index contributed by atoms with van der Waals surface area (Å²) in [5.74, 6) is 0.364. The van der Waals surface area contributed by atoms with Crippen LogP contribution in [0.3, 0.4) is 0 Å². The number of aryl methyl sites for hydroxylation is 2. The predicted molar refractivity (Wildman–Crippen MR) is 102 cm³/mol. The number of aliphatic hydroxyl groups is 1. The number of nitrogens with zero attached hydrogens (tertiary/aromatic N) is 2. The van der Waals surface area contributed by atoms with E-state index >= 15 is 0 Å². The van der Waals surface area contributed by atoms with Crippen molar-refractivity contribution in [2.45, 2.75) is 26.4 Å². The fourth-order valence-corrected chi connectivity index (χ4v) is 3.37. The Hall–Kier alpha value is -3.25. The highest BCUT2D eigenvalue weighted by atomic mass is 16.3. The van der Waals surface area contributed by atoms with Crippen LogP contribution in [0.15, 0.2) is 42.5 Å². The van der Waals surface area contributed by atoms with Gasteiger partial charge >= 0.3 is 0 Å². The number of anilines is 1. The van der Waals surface area contributed by atoms with Gasteiger partial charge in [0.15, 0.2) is 5.82 Å². The molecule has 136 valence electrons. The van der Waals surface area contributed by atoms with E-state index in [-0.39, 0.29) is 18.3 Å². The lowest BCUT2D eigenvalue weighted by atomic mass is 9.90. The summed E-state index contributed by atoms with van der Waals surface area (Å²) >= 11 is 0. The molecule has 0 saturated carbocycles. The Morgan fingerprint density at radius 2 is 1.85 bits per heavy atom. The maximum atomic E-state index is 11.6. The Morgan fingerprint density at radius 3 is 2.56 bits per heavy atom. The molecule has 0 radical (unpaired) electrons. The molecule has 6 nitrogen and oxygen atoms in total. The topological polar surface area (TPSA) is 95.3 Å². The van der Waals surface area contributed by atoms with Crippen molar-refractivity contribution in [3.05, 3.63) is 59.3 Å². The van der Waals surface area contributed by atoms with Crippen LogP contribution >= 0.6 is 0 Å². The van der Waals surface area contributed by atoms with Crippen LogP contribution in [0.2, 0.25) is 0 Å². The average Bonchev–Trinajstić information content (AvgIpc) is 2.67. The lowest BCUT2D eigenvalue weighted by Crippen LogP contribution is -2.15. The highest BCUT2D eigenvalue weighted by molar-refractivity contribution is 5.92.